The molecule has 1 aliphatic heterocycles. The zero-order chi connectivity index (χ0) is 22.8. The summed E-state index contributed by atoms with van der Waals surface area (Å²) in [6.45, 7) is 4.73. The first kappa shape index (κ1) is 22.6. The molecule has 3 fully saturated rings. The van der Waals surface area contributed by atoms with Crippen molar-refractivity contribution in [1.29, 1.82) is 0 Å². The van der Waals surface area contributed by atoms with E-state index < -0.39 is 0 Å². The summed E-state index contributed by atoms with van der Waals surface area (Å²) in [4.78, 5) is 29.0. The number of carbonyl (C=O) groups excluding carboxylic acids is 2. The maximum absolute atomic E-state index is 13.2. The Labute approximate surface area is 196 Å². The van der Waals surface area contributed by atoms with Crippen LogP contribution in [-0.2, 0) is 16.0 Å². The van der Waals surface area contributed by atoms with Gasteiger partial charge < -0.3 is 15.5 Å². The number of likely N-dealkylation sites (tertiary alicyclic amines) is 1. The SMILES string of the molecule is O=C(NCCCCN1CCCC1)[C@H]1[C@H](C(=O)NCCc2ccc(F)cc2)[C@@H]2C=C[C@H]1C21CC1. The number of benzene rings is 1. The highest BCUT2D eigenvalue weighted by Gasteiger charge is 2.69. The average Bonchev–Trinajstić information content (AvgIpc) is 3.17. The van der Waals surface area contributed by atoms with E-state index in [0.717, 1.165) is 37.8 Å². The second-order valence-corrected chi connectivity index (χ2v) is 10.4. The number of nitrogens with one attached hydrogen (secondary N) is 2. The lowest BCUT2D eigenvalue weighted by atomic mass is 9.81. The van der Waals surface area contributed by atoms with Crippen molar-refractivity contribution in [3.63, 3.8) is 0 Å². The Morgan fingerprint density at radius 1 is 0.909 bits per heavy atom. The molecule has 2 amide bonds. The third-order valence-corrected chi connectivity index (χ3v) is 8.47. The van der Waals surface area contributed by atoms with E-state index in [9.17, 15) is 14.0 Å². The lowest BCUT2D eigenvalue weighted by Gasteiger charge is -2.26. The van der Waals surface area contributed by atoms with Crippen LogP contribution in [-0.4, -0.2) is 49.4 Å². The van der Waals surface area contributed by atoms with Crippen LogP contribution in [0.25, 0.3) is 0 Å². The number of amides is 2. The van der Waals surface area contributed by atoms with Crippen LogP contribution < -0.4 is 10.6 Å². The molecule has 1 aromatic carbocycles. The van der Waals surface area contributed by atoms with Crippen molar-refractivity contribution in [1.82, 2.24) is 15.5 Å². The first-order chi connectivity index (χ1) is 16.1. The van der Waals surface area contributed by atoms with Gasteiger partial charge in [0.1, 0.15) is 5.82 Å². The molecule has 2 N–H and O–H groups in total. The number of rotatable bonds is 10. The van der Waals surface area contributed by atoms with Crippen LogP contribution in [0.4, 0.5) is 4.39 Å². The van der Waals surface area contributed by atoms with Crippen molar-refractivity contribution in [3.05, 3.63) is 47.8 Å². The molecule has 1 heterocycles. The largest absolute Gasteiger partial charge is 0.356 e. The molecule has 3 aliphatic carbocycles. The topological polar surface area (TPSA) is 61.4 Å². The summed E-state index contributed by atoms with van der Waals surface area (Å²) in [7, 11) is 0. The Balaban J connectivity index is 1.14. The van der Waals surface area contributed by atoms with Crippen LogP contribution in [0.15, 0.2) is 36.4 Å². The van der Waals surface area contributed by atoms with Crippen molar-refractivity contribution in [3.8, 4) is 0 Å². The maximum Gasteiger partial charge on any atom is 0.224 e. The van der Waals surface area contributed by atoms with Gasteiger partial charge in [-0.25, -0.2) is 4.39 Å². The Bertz CT molecular complexity index is 889. The molecule has 4 atom stereocenters. The molecule has 33 heavy (non-hydrogen) atoms. The van der Waals surface area contributed by atoms with E-state index in [0.29, 0.717) is 19.5 Å². The number of halogens is 1. The summed E-state index contributed by atoms with van der Waals surface area (Å²) in [5, 5.41) is 6.24. The van der Waals surface area contributed by atoms with E-state index in [1.807, 2.05) is 0 Å². The van der Waals surface area contributed by atoms with Crippen molar-refractivity contribution in [2.45, 2.75) is 44.9 Å². The molecule has 5 nitrogen and oxygen atoms in total. The van der Waals surface area contributed by atoms with Crippen molar-refractivity contribution >= 4 is 11.8 Å². The molecule has 4 aliphatic rings. The predicted octanol–water partition coefficient (Wildman–Crippen LogP) is 3.31. The quantitative estimate of drug-likeness (QED) is 0.422. The molecular weight excluding hydrogens is 417 g/mol. The monoisotopic (exact) mass is 453 g/mol. The van der Waals surface area contributed by atoms with Gasteiger partial charge in [0.2, 0.25) is 11.8 Å². The molecule has 1 aromatic rings. The van der Waals surface area contributed by atoms with Crippen LogP contribution in [0.5, 0.6) is 0 Å². The molecule has 0 aromatic heterocycles. The molecule has 1 spiro atoms. The smallest absolute Gasteiger partial charge is 0.224 e. The predicted molar refractivity (Wildman–Crippen MR) is 126 cm³/mol. The molecular formula is C27H36FN3O2. The number of hydrogen-bond acceptors (Lipinski definition) is 3. The summed E-state index contributed by atoms with van der Waals surface area (Å²) < 4.78 is 13.1. The standard InChI is InChI=1S/C27H36FN3O2/c28-20-7-5-19(6-8-20)11-15-30-26(33)24-22-10-9-21(27(22)12-13-27)23(24)25(32)29-14-1-2-16-31-17-3-4-18-31/h5-10,21-24H,1-4,11-18H2,(H,29,32)(H,30,33)/t21-,22+,23-,24-/m1/s1. The van der Waals surface area contributed by atoms with Gasteiger partial charge in [0.15, 0.2) is 0 Å². The molecule has 1 saturated heterocycles. The summed E-state index contributed by atoms with van der Waals surface area (Å²) >= 11 is 0. The Morgan fingerprint density at radius 3 is 2.12 bits per heavy atom. The number of allylic oxidation sites excluding steroid dienone is 2. The summed E-state index contributed by atoms with van der Waals surface area (Å²) in [6, 6.07) is 6.39. The molecule has 6 heteroatoms. The van der Waals surface area contributed by atoms with E-state index in [1.165, 1.54) is 38.1 Å². The van der Waals surface area contributed by atoms with Crippen LogP contribution in [0, 0.1) is 34.9 Å². The molecule has 2 saturated carbocycles. The number of nitrogens with zero attached hydrogens (tertiary/aromatic N) is 1. The van der Waals surface area contributed by atoms with E-state index >= 15 is 0 Å². The minimum atomic E-state index is -0.277. The third kappa shape index (κ3) is 4.59. The van der Waals surface area contributed by atoms with Crippen molar-refractivity contribution < 1.29 is 14.0 Å². The highest BCUT2D eigenvalue weighted by atomic mass is 19.1. The first-order valence-corrected chi connectivity index (χ1v) is 12.8. The second kappa shape index (κ2) is 9.57. The highest BCUT2D eigenvalue weighted by Crippen LogP contribution is 2.72. The van der Waals surface area contributed by atoms with Crippen molar-refractivity contribution in [2.75, 3.05) is 32.7 Å². The number of carbonyl (C=O) groups is 2. The fourth-order valence-electron chi connectivity index (χ4n) is 6.60. The summed E-state index contributed by atoms with van der Waals surface area (Å²) in [5.41, 5.74) is 1.14. The summed E-state index contributed by atoms with van der Waals surface area (Å²) in [5.74, 6) is -0.366. The van der Waals surface area contributed by atoms with Crippen LogP contribution in [0.2, 0.25) is 0 Å². The third-order valence-electron chi connectivity index (χ3n) is 8.47. The molecule has 178 valence electrons. The zero-order valence-corrected chi connectivity index (χ0v) is 19.4. The van der Waals surface area contributed by atoms with Crippen LogP contribution >= 0.6 is 0 Å². The maximum atomic E-state index is 13.2. The molecule has 0 unspecified atom stereocenters. The van der Waals surface area contributed by atoms with Gasteiger partial charge in [0, 0.05) is 13.1 Å². The van der Waals surface area contributed by atoms with E-state index in [-0.39, 0.29) is 46.7 Å². The average molecular weight is 454 g/mol. The molecule has 2 bridgehead atoms. The van der Waals surface area contributed by atoms with Crippen LogP contribution in [0.1, 0.15) is 44.1 Å². The normalized spacial score (nSPS) is 29.0. The van der Waals surface area contributed by atoms with Crippen LogP contribution in [0.3, 0.4) is 0 Å². The number of unbranched alkanes of at least 4 members (excludes halogenated alkanes) is 1. The van der Waals surface area contributed by atoms with E-state index in [1.54, 1.807) is 12.1 Å². The second-order valence-electron chi connectivity index (χ2n) is 10.4. The molecule has 0 radical (unpaired) electrons. The Kier molecular flexibility index (Phi) is 6.55. The van der Waals surface area contributed by atoms with Gasteiger partial charge in [0.25, 0.3) is 0 Å². The van der Waals surface area contributed by atoms with Gasteiger partial charge in [-0.3, -0.25) is 9.59 Å². The minimum Gasteiger partial charge on any atom is -0.356 e. The Morgan fingerprint density at radius 2 is 1.52 bits per heavy atom. The van der Waals surface area contributed by atoms with Gasteiger partial charge in [-0.2, -0.15) is 0 Å². The van der Waals surface area contributed by atoms with Crippen molar-refractivity contribution in [2.24, 2.45) is 29.1 Å². The zero-order valence-electron chi connectivity index (χ0n) is 19.4. The minimum absolute atomic E-state index is 0.00517. The van der Waals surface area contributed by atoms with Gasteiger partial charge in [-0.05, 0) is 99.5 Å². The lowest BCUT2D eigenvalue weighted by molar-refractivity contribution is -0.135. The Hall–Kier alpha value is -2.21. The van der Waals surface area contributed by atoms with Gasteiger partial charge >= 0.3 is 0 Å². The lowest BCUT2D eigenvalue weighted by Crippen LogP contribution is -2.44. The van der Waals surface area contributed by atoms with E-state index in [2.05, 4.69) is 27.7 Å². The molecule has 5 rings (SSSR count). The number of hydrogen-bond donors (Lipinski definition) is 2. The van der Waals surface area contributed by atoms with Gasteiger partial charge in [0.05, 0.1) is 11.8 Å². The first-order valence-electron chi connectivity index (χ1n) is 12.8. The summed E-state index contributed by atoms with van der Waals surface area (Å²) in [6.07, 6.45) is 12.0. The fourth-order valence-corrected chi connectivity index (χ4v) is 6.60. The highest BCUT2D eigenvalue weighted by molar-refractivity contribution is 5.90. The van der Waals surface area contributed by atoms with Gasteiger partial charge in [-0.1, -0.05) is 24.3 Å². The fraction of sp³-hybridized carbons (Fsp3) is 0.630. The van der Waals surface area contributed by atoms with Gasteiger partial charge in [-0.15, -0.1) is 0 Å². The van der Waals surface area contributed by atoms with E-state index in [4.69, 9.17) is 0 Å².